The Morgan fingerprint density at radius 3 is 2.65 bits per heavy atom. The fraction of sp³-hybridized carbons (Fsp3) is 0.600. The van der Waals surface area contributed by atoms with Crippen molar-refractivity contribution in [2.24, 2.45) is 5.41 Å². The summed E-state index contributed by atoms with van der Waals surface area (Å²) >= 11 is 0. The van der Waals surface area contributed by atoms with E-state index < -0.39 is 21.4 Å². The van der Waals surface area contributed by atoms with Gasteiger partial charge in [0.1, 0.15) is 0 Å². The van der Waals surface area contributed by atoms with Gasteiger partial charge in [-0.3, -0.25) is 9.48 Å². The van der Waals surface area contributed by atoms with Crippen LogP contribution in [0.2, 0.25) is 0 Å². The third-order valence-electron chi connectivity index (χ3n) is 4.54. The van der Waals surface area contributed by atoms with Crippen molar-refractivity contribution in [1.29, 1.82) is 0 Å². The minimum absolute atomic E-state index is 0.161. The molecule has 0 aliphatic carbocycles. The molecule has 0 unspecified atom stereocenters. The normalized spacial score (nSPS) is 18.7. The number of rotatable bonds is 7. The Morgan fingerprint density at radius 1 is 1.48 bits per heavy atom. The van der Waals surface area contributed by atoms with Crippen molar-refractivity contribution >= 4 is 16.0 Å². The Kier molecular flexibility index (Phi) is 5.26. The van der Waals surface area contributed by atoms with Crippen LogP contribution in [-0.4, -0.2) is 46.7 Å². The summed E-state index contributed by atoms with van der Waals surface area (Å²) < 4.78 is 28.3. The molecule has 1 aliphatic rings. The molecule has 1 aliphatic heterocycles. The summed E-state index contributed by atoms with van der Waals surface area (Å²) in [4.78, 5) is 11.7. The monoisotopic (exact) mass is 341 g/mol. The van der Waals surface area contributed by atoms with Gasteiger partial charge < -0.3 is 5.11 Å². The molecule has 2 heterocycles. The Morgan fingerprint density at radius 2 is 2.13 bits per heavy atom. The number of piperidine rings is 1. The van der Waals surface area contributed by atoms with Crippen molar-refractivity contribution in [1.82, 2.24) is 14.1 Å². The third kappa shape index (κ3) is 3.32. The van der Waals surface area contributed by atoms with Crippen LogP contribution in [0.5, 0.6) is 0 Å². The average molecular weight is 341 g/mol. The number of aryl methyl sites for hydroxylation is 1. The van der Waals surface area contributed by atoms with Crippen LogP contribution in [0.25, 0.3) is 0 Å². The number of aliphatic carboxylic acids is 1. The molecule has 0 radical (unpaired) electrons. The minimum atomic E-state index is -3.64. The molecule has 0 saturated carbocycles. The summed E-state index contributed by atoms with van der Waals surface area (Å²) in [5, 5.41) is 13.7. The van der Waals surface area contributed by atoms with E-state index in [0.29, 0.717) is 32.2 Å². The van der Waals surface area contributed by atoms with Crippen LogP contribution in [0.4, 0.5) is 0 Å². The highest BCUT2D eigenvalue weighted by molar-refractivity contribution is 7.89. The van der Waals surface area contributed by atoms with Crippen molar-refractivity contribution in [3.63, 3.8) is 0 Å². The van der Waals surface area contributed by atoms with Gasteiger partial charge in [-0.1, -0.05) is 6.08 Å². The van der Waals surface area contributed by atoms with Crippen molar-refractivity contribution in [2.75, 3.05) is 13.1 Å². The van der Waals surface area contributed by atoms with E-state index in [-0.39, 0.29) is 18.1 Å². The van der Waals surface area contributed by atoms with Crippen LogP contribution >= 0.6 is 0 Å². The largest absolute Gasteiger partial charge is 0.481 e. The second kappa shape index (κ2) is 6.84. The molecule has 2 rings (SSSR count). The molecule has 0 atom stereocenters. The number of carboxylic acids is 1. The molecule has 8 heteroatoms. The number of nitrogens with zero attached hydrogens (tertiary/aromatic N) is 3. The quantitative estimate of drug-likeness (QED) is 0.762. The Labute approximate surface area is 136 Å². The fourth-order valence-corrected chi connectivity index (χ4v) is 4.62. The number of hydrogen-bond donors (Lipinski definition) is 1. The van der Waals surface area contributed by atoms with Crippen LogP contribution in [-0.2, 0) is 21.4 Å². The van der Waals surface area contributed by atoms with Gasteiger partial charge in [0.25, 0.3) is 10.0 Å². The number of carboxylic acid groups (broad SMARTS) is 1. The molecular weight excluding hydrogens is 318 g/mol. The summed E-state index contributed by atoms with van der Waals surface area (Å²) in [6, 6.07) is 1.48. The zero-order chi connectivity index (χ0) is 17.1. The number of aromatic nitrogens is 2. The van der Waals surface area contributed by atoms with E-state index in [0.717, 1.165) is 0 Å². The summed E-state index contributed by atoms with van der Waals surface area (Å²) in [5.74, 6) is -0.852. The van der Waals surface area contributed by atoms with E-state index in [4.69, 9.17) is 0 Å². The number of allylic oxidation sites excluding steroid dienone is 1. The summed E-state index contributed by atoms with van der Waals surface area (Å²) in [7, 11) is -3.64. The molecule has 0 aromatic carbocycles. The van der Waals surface area contributed by atoms with Crippen molar-refractivity contribution in [3.05, 3.63) is 24.9 Å². The summed E-state index contributed by atoms with van der Waals surface area (Å²) in [5.41, 5.74) is -0.856. The maximum atomic E-state index is 12.7. The van der Waals surface area contributed by atoms with Crippen LogP contribution in [0.3, 0.4) is 0 Å². The van der Waals surface area contributed by atoms with E-state index in [2.05, 4.69) is 11.7 Å². The predicted octanol–water partition coefficient (Wildman–Crippen LogP) is 1.72. The maximum Gasteiger partial charge on any atom is 0.309 e. The molecule has 1 saturated heterocycles. The van der Waals surface area contributed by atoms with Crippen LogP contribution in [0.15, 0.2) is 29.9 Å². The van der Waals surface area contributed by atoms with Gasteiger partial charge in [-0.25, -0.2) is 8.42 Å². The lowest BCUT2D eigenvalue weighted by Crippen LogP contribution is -2.46. The van der Waals surface area contributed by atoms with E-state index in [1.807, 2.05) is 6.92 Å². The molecular formula is C15H23N3O4S. The zero-order valence-electron chi connectivity index (χ0n) is 13.3. The van der Waals surface area contributed by atoms with Crippen LogP contribution < -0.4 is 0 Å². The van der Waals surface area contributed by atoms with Gasteiger partial charge in [-0.05, 0) is 38.7 Å². The predicted molar refractivity (Wildman–Crippen MR) is 85.4 cm³/mol. The highest BCUT2D eigenvalue weighted by Crippen LogP contribution is 2.38. The Bertz CT molecular complexity index is 673. The summed E-state index contributed by atoms with van der Waals surface area (Å²) in [6.45, 7) is 6.34. The SMILES string of the molecule is C=CCCC1(C(=O)O)CCN(S(=O)(=O)c2ccnn2CC)CC1. The molecule has 1 fully saturated rings. The Hall–Kier alpha value is -1.67. The first-order valence-corrected chi connectivity index (χ1v) is 9.17. The lowest BCUT2D eigenvalue weighted by molar-refractivity contribution is -0.151. The lowest BCUT2D eigenvalue weighted by atomic mass is 9.75. The topological polar surface area (TPSA) is 92.5 Å². The smallest absolute Gasteiger partial charge is 0.309 e. The van der Waals surface area contributed by atoms with E-state index >= 15 is 0 Å². The van der Waals surface area contributed by atoms with Gasteiger partial charge in [0.15, 0.2) is 5.03 Å². The molecule has 0 spiro atoms. The first kappa shape index (κ1) is 17.7. The van der Waals surface area contributed by atoms with E-state index in [1.54, 1.807) is 6.08 Å². The molecule has 1 aromatic heterocycles. The van der Waals surface area contributed by atoms with Crippen molar-refractivity contribution < 1.29 is 18.3 Å². The van der Waals surface area contributed by atoms with Gasteiger partial charge >= 0.3 is 5.97 Å². The van der Waals surface area contributed by atoms with Gasteiger partial charge in [0.2, 0.25) is 0 Å². The van der Waals surface area contributed by atoms with Crippen LogP contribution in [0, 0.1) is 5.41 Å². The second-order valence-electron chi connectivity index (χ2n) is 5.80. The first-order valence-electron chi connectivity index (χ1n) is 7.73. The molecule has 7 nitrogen and oxygen atoms in total. The highest BCUT2D eigenvalue weighted by Gasteiger charge is 2.43. The standard InChI is InChI=1S/C15H23N3O4S/c1-3-5-7-15(14(19)20)8-11-17(12-9-15)23(21,22)13-6-10-16-18(13)4-2/h3,6,10H,1,4-5,7-9,11-12H2,2H3,(H,19,20). The second-order valence-corrected chi connectivity index (χ2v) is 7.69. The van der Waals surface area contributed by atoms with E-state index in [9.17, 15) is 18.3 Å². The van der Waals surface area contributed by atoms with Gasteiger partial charge in [0, 0.05) is 19.6 Å². The first-order chi connectivity index (χ1) is 10.9. The number of sulfonamides is 1. The van der Waals surface area contributed by atoms with Crippen molar-refractivity contribution in [3.8, 4) is 0 Å². The Balaban J connectivity index is 2.17. The molecule has 128 valence electrons. The molecule has 0 amide bonds. The average Bonchev–Trinajstić information content (AvgIpc) is 3.02. The molecule has 1 aromatic rings. The third-order valence-corrected chi connectivity index (χ3v) is 6.46. The molecule has 1 N–H and O–H groups in total. The minimum Gasteiger partial charge on any atom is -0.481 e. The lowest BCUT2D eigenvalue weighted by Gasteiger charge is -2.38. The summed E-state index contributed by atoms with van der Waals surface area (Å²) in [6.07, 6.45) is 4.90. The van der Waals surface area contributed by atoms with E-state index in [1.165, 1.54) is 21.3 Å². The maximum absolute atomic E-state index is 12.7. The molecule has 0 bridgehead atoms. The zero-order valence-corrected chi connectivity index (χ0v) is 14.1. The van der Waals surface area contributed by atoms with Crippen LogP contribution in [0.1, 0.15) is 32.6 Å². The van der Waals surface area contributed by atoms with Gasteiger partial charge in [-0.15, -0.1) is 6.58 Å². The number of hydrogen-bond acceptors (Lipinski definition) is 4. The molecule has 23 heavy (non-hydrogen) atoms. The highest BCUT2D eigenvalue weighted by atomic mass is 32.2. The number of carbonyl (C=O) groups is 1. The van der Waals surface area contributed by atoms with Gasteiger partial charge in [-0.2, -0.15) is 9.40 Å². The fourth-order valence-electron chi connectivity index (χ4n) is 3.01. The van der Waals surface area contributed by atoms with Gasteiger partial charge in [0.05, 0.1) is 11.6 Å². The van der Waals surface area contributed by atoms with Crippen molar-refractivity contribution in [2.45, 2.75) is 44.2 Å².